The Bertz CT molecular complexity index is 302. The van der Waals surface area contributed by atoms with E-state index in [0.29, 0.717) is 5.41 Å². The summed E-state index contributed by atoms with van der Waals surface area (Å²) in [6.45, 7) is 4.50. The van der Waals surface area contributed by atoms with Crippen LogP contribution in [-0.4, -0.2) is 30.4 Å². The van der Waals surface area contributed by atoms with Crippen LogP contribution in [0.25, 0.3) is 0 Å². The van der Waals surface area contributed by atoms with Gasteiger partial charge in [0.1, 0.15) is 0 Å². The molecular formula is C12H20N2S. The molecule has 4 atom stereocenters. The molecular weight excluding hydrogens is 204 g/mol. The minimum atomic E-state index is 0.711. The van der Waals surface area contributed by atoms with Crippen LogP contribution in [0.5, 0.6) is 0 Å². The van der Waals surface area contributed by atoms with Crippen molar-refractivity contribution >= 4 is 16.8 Å². The van der Waals surface area contributed by atoms with Crippen LogP contribution in [-0.2, 0) is 0 Å². The molecule has 0 aromatic rings. The Balaban J connectivity index is 1.63. The quantitative estimate of drug-likeness (QED) is 0.794. The first kappa shape index (κ1) is 10.2. The highest BCUT2D eigenvalue weighted by molar-refractivity contribution is 8.14. The van der Waals surface area contributed by atoms with Gasteiger partial charge in [-0.3, -0.25) is 4.99 Å². The zero-order valence-electron chi connectivity index (χ0n) is 9.62. The topological polar surface area (TPSA) is 24.4 Å². The van der Waals surface area contributed by atoms with Gasteiger partial charge in [0.2, 0.25) is 0 Å². The van der Waals surface area contributed by atoms with Crippen molar-refractivity contribution < 1.29 is 0 Å². The van der Waals surface area contributed by atoms with Gasteiger partial charge in [-0.15, -0.1) is 11.8 Å². The van der Waals surface area contributed by atoms with Crippen molar-refractivity contribution in [3.8, 4) is 0 Å². The molecule has 2 unspecified atom stereocenters. The van der Waals surface area contributed by atoms with Crippen molar-refractivity contribution in [3.05, 3.63) is 0 Å². The molecule has 3 aliphatic rings. The number of nitrogens with zero attached hydrogens (tertiary/aromatic N) is 1. The maximum atomic E-state index is 4.67. The van der Waals surface area contributed by atoms with Crippen LogP contribution in [0.15, 0.2) is 4.99 Å². The Morgan fingerprint density at radius 1 is 1.60 bits per heavy atom. The predicted octanol–water partition coefficient (Wildman–Crippen LogP) is 2.16. The molecule has 2 nitrogen and oxygen atoms in total. The third kappa shape index (κ3) is 1.47. The molecule has 1 N–H and O–H groups in total. The molecule has 0 radical (unpaired) electrons. The summed E-state index contributed by atoms with van der Waals surface area (Å²) in [5, 5.41) is 5.35. The van der Waals surface area contributed by atoms with Gasteiger partial charge in [0.05, 0.1) is 11.6 Å². The molecule has 3 heteroatoms. The second-order valence-corrected chi connectivity index (χ2v) is 6.71. The summed E-state index contributed by atoms with van der Waals surface area (Å²) in [4.78, 5) is 4.67. The maximum absolute atomic E-state index is 4.67. The van der Waals surface area contributed by atoms with Crippen LogP contribution in [0, 0.1) is 17.3 Å². The fourth-order valence-corrected chi connectivity index (χ4v) is 5.08. The van der Waals surface area contributed by atoms with Gasteiger partial charge in [-0.25, -0.2) is 0 Å². The second kappa shape index (κ2) is 3.49. The largest absolute Gasteiger partial charge is 0.314 e. The molecule has 15 heavy (non-hydrogen) atoms. The summed E-state index contributed by atoms with van der Waals surface area (Å²) in [5.74, 6) is 2.03. The first-order chi connectivity index (χ1) is 7.26. The highest BCUT2D eigenvalue weighted by Crippen LogP contribution is 2.70. The molecule has 0 spiro atoms. The molecule has 84 valence electrons. The Morgan fingerprint density at radius 2 is 2.47 bits per heavy atom. The minimum absolute atomic E-state index is 0.711. The third-order valence-electron chi connectivity index (χ3n) is 4.61. The van der Waals surface area contributed by atoms with E-state index in [1.54, 1.807) is 0 Å². The van der Waals surface area contributed by atoms with Gasteiger partial charge >= 0.3 is 0 Å². The van der Waals surface area contributed by atoms with E-state index in [4.69, 9.17) is 0 Å². The molecule has 0 amide bonds. The van der Waals surface area contributed by atoms with Gasteiger partial charge < -0.3 is 5.32 Å². The monoisotopic (exact) mass is 224 g/mol. The summed E-state index contributed by atoms with van der Waals surface area (Å²) < 4.78 is 0. The zero-order valence-corrected chi connectivity index (χ0v) is 10.4. The molecule has 3 rings (SSSR count). The van der Waals surface area contributed by atoms with E-state index >= 15 is 0 Å². The lowest BCUT2D eigenvalue weighted by molar-refractivity contribution is 0.471. The van der Waals surface area contributed by atoms with Crippen LogP contribution >= 0.6 is 11.8 Å². The van der Waals surface area contributed by atoms with Crippen LogP contribution < -0.4 is 5.32 Å². The van der Waals surface area contributed by atoms with Crippen molar-refractivity contribution in [2.45, 2.75) is 31.4 Å². The van der Waals surface area contributed by atoms with E-state index in [2.05, 4.69) is 29.0 Å². The molecule has 0 aromatic carbocycles. The lowest BCUT2D eigenvalue weighted by Crippen LogP contribution is -2.21. The molecule has 1 aliphatic heterocycles. The number of hydrogen-bond donors (Lipinski definition) is 1. The van der Waals surface area contributed by atoms with Crippen molar-refractivity contribution in [1.29, 1.82) is 0 Å². The standard InChI is InChI=1S/C12H20N2S/c1-8-3-4-12(5-9(8)12)10-6-14-11(15-10)7-13-2/h8-10,13H,3-7H2,1-2H3/t8-,9-,10?,12?/m1/s1. The number of aliphatic imine (C=N–C) groups is 1. The summed E-state index contributed by atoms with van der Waals surface area (Å²) in [5.41, 5.74) is 0.711. The molecule has 0 bridgehead atoms. The average molecular weight is 224 g/mol. The summed E-state index contributed by atoms with van der Waals surface area (Å²) in [6.07, 6.45) is 4.43. The predicted molar refractivity (Wildman–Crippen MR) is 66.5 cm³/mol. The van der Waals surface area contributed by atoms with Crippen LogP contribution in [0.3, 0.4) is 0 Å². The van der Waals surface area contributed by atoms with Crippen molar-refractivity contribution in [2.24, 2.45) is 22.2 Å². The number of rotatable bonds is 3. The molecule has 0 saturated heterocycles. The van der Waals surface area contributed by atoms with E-state index in [-0.39, 0.29) is 0 Å². The van der Waals surface area contributed by atoms with Crippen LogP contribution in [0.4, 0.5) is 0 Å². The first-order valence-electron chi connectivity index (χ1n) is 6.11. The Hall–Kier alpha value is -0.0200. The number of hydrogen-bond acceptors (Lipinski definition) is 3. The Morgan fingerprint density at radius 3 is 3.07 bits per heavy atom. The van der Waals surface area contributed by atoms with Crippen LogP contribution in [0.1, 0.15) is 26.2 Å². The van der Waals surface area contributed by atoms with E-state index in [0.717, 1.165) is 30.2 Å². The van der Waals surface area contributed by atoms with Gasteiger partial charge in [-0.1, -0.05) is 6.92 Å². The minimum Gasteiger partial charge on any atom is -0.314 e. The SMILES string of the molecule is CNCC1=NCC(C23CC[C@@H](C)[C@H]2C3)S1. The van der Waals surface area contributed by atoms with E-state index in [1.165, 1.54) is 24.3 Å². The van der Waals surface area contributed by atoms with Crippen molar-refractivity contribution in [3.63, 3.8) is 0 Å². The highest BCUT2D eigenvalue weighted by Gasteiger charge is 2.64. The molecule has 0 aromatic heterocycles. The second-order valence-electron chi connectivity index (χ2n) is 5.43. The van der Waals surface area contributed by atoms with Crippen molar-refractivity contribution in [2.75, 3.05) is 20.1 Å². The Kier molecular flexibility index (Phi) is 2.36. The highest BCUT2D eigenvalue weighted by atomic mass is 32.2. The van der Waals surface area contributed by atoms with Gasteiger partial charge in [0, 0.05) is 11.8 Å². The van der Waals surface area contributed by atoms with E-state index in [9.17, 15) is 0 Å². The third-order valence-corrected chi connectivity index (χ3v) is 6.06. The first-order valence-corrected chi connectivity index (χ1v) is 6.99. The molecule has 2 saturated carbocycles. The van der Waals surface area contributed by atoms with Crippen LogP contribution in [0.2, 0.25) is 0 Å². The van der Waals surface area contributed by atoms with E-state index < -0.39 is 0 Å². The molecule has 2 fully saturated rings. The van der Waals surface area contributed by atoms with Gasteiger partial charge in [-0.2, -0.15) is 0 Å². The zero-order chi connectivity index (χ0) is 10.5. The lowest BCUT2D eigenvalue weighted by atomic mass is 9.99. The van der Waals surface area contributed by atoms with Gasteiger partial charge in [0.15, 0.2) is 0 Å². The smallest absolute Gasteiger partial charge is 0.0818 e. The number of fused-ring (bicyclic) bond motifs is 1. The lowest BCUT2D eigenvalue weighted by Gasteiger charge is -2.18. The summed E-state index contributed by atoms with van der Waals surface area (Å²) in [7, 11) is 2.01. The fraction of sp³-hybridized carbons (Fsp3) is 0.917. The normalized spacial score (nSPS) is 47.9. The average Bonchev–Trinajstić information content (AvgIpc) is 2.62. The maximum Gasteiger partial charge on any atom is 0.0818 e. The summed E-state index contributed by atoms with van der Waals surface area (Å²) >= 11 is 2.06. The Labute approximate surface area is 96.3 Å². The van der Waals surface area contributed by atoms with Gasteiger partial charge in [-0.05, 0) is 43.6 Å². The van der Waals surface area contributed by atoms with E-state index in [1.807, 2.05) is 7.05 Å². The fourth-order valence-electron chi connectivity index (χ4n) is 3.61. The number of nitrogens with one attached hydrogen (secondary N) is 1. The molecule has 2 aliphatic carbocycles. The summed E-state index contributed by atoms with van der Waals surface area (Å²) in [6, 6.07) is 0. The number of thioether (sulfide) groups is 1. The van der Waals surface area contributed by atoms with Gasteiger partial charge in [0.25, 0.3) is 0 Å². The van der Waals surface area contributed by atoms with Crippen molar-refractivity contribution in [1.82, 2.24) is 5.32 Å². The molecule has 1 heterocycles.